The van der Waals surface area contributed by atoms with Gasteiger partial charge in [-0.2, -0.15) is 0 Å². The van der Waals surface area contributed by atoms with Crippen molar-refractivity contribution in [3.63, 3.8) is 0 Å². The maximum Gasteiger partial charge on any atom is 0.224 e. The van der Waals surface area contributed by atoms with E-state index in [9.17, 15) is 4.79 Å². The summed E-state index contributed by atoms with van der Waals surface area (Å²) in [5.74, 6) is 0.130. The second-order valence-corrected chi connectivity index (χ2v) is 6.00. The third-order valence-corrected chi connectivity index (χ3v) is 3.97. The van der Waals surface area contributed by atoms with Crippen LogP contribution >= 0.6 is 12.4 Å². The third-order valence-electron chi connectivity index (χ3n) is 3.97. The van der Waals surface area contributed by atoms with Gasteiger partial charge in [0.05, 0.1) is 6.42 Å². The normalized spacial score (nSPS) is 17.1. The van der Waals surface area contributed by atoms with Crippen LogP contribution in [0.1, 0.15) is 30.9 Å². The van der Waals surface area contributed by atoms with Gasteiger partial charge in [-0.05, 0) is 43.8 Å². The van der Waals surface area contributed by atoms with Crippen LogP contribution in [0.4, 0.5) is 0 Å². The zero-order valence-corrected chi connectivity index (χ0v) is 13.2. The van der Waals surface area contributed by atoms with Gasteiger partial charge in [0.15, 0.2) is 0 Å². The van der Waals surface area contributed by atoms with Crippen molar-refractivity contribution in [2.24, 2.45) is 5.41 Å². The van der Waals surface area contributed by atoms with Crippen LogP contribution in [0.25, 0.3) is 0 Å². The highest BCUT2D eigenvalue weighted by Gasteiger charge is 2.26. The minimum Gasteiger partial charge on any atom is -0.355 e. The van der Waals surface area contributed by atoms with Gasteiger partial charge >= 0.3 is 0 Å². The van der Waals surface area contributed by atoms with Crippen LogP contribution < -0.4 is 10.6 Å². The summed E-state index contributed by atoms with van der Waals surface area (Å²) in [6, 6.07) is 8.15. The van der Waals surface area contributed by atoms with Crippen molar-refractivity contribution in [3.8, 4) is 0 Å². The molecule has 0 atom stereocenters. The second kappa shape index (κ2) is 7.65. The van der Waals surface area contributed by atoms with Crippen LogP contribution in [0, 0.1) is 12.3 Å². The summed E-state index contributed by atoms with van der Waals surface area (Å²) in [6.45, 7) is 7.23. The molecule has 1 fully saturated rings. The fraction of sp³-hybridized carbons (Fsp3) is 0.562. The van der Waals surface area contributed by atoms with E-state index in [1.165, 1.54) is 5.56 Å². The van der Waals surface area contributed by atoms with E-state index in [1.54, 1.807) is 0 Å². The van der Waals surface area contributed by atoms with Crippen molar-refractivity contribution in [1.82, 2.24) is 10.6 Å². The molecule has 20 heavy (non-hydrogen) atoms. The number of nitrogens with one attached hydrogen (secondary N) is 2. The van der Waals surface area contributed by atoms with E-state index in [1.807, 2.05) is 12.1 Å². The zero-order valence-electron chi connectivity index (χ0n) is 12.4. The molecule has 1 amide bonds. The Morgan fingerprint density at radius 2 is 2.05 bits per heavy atom. The maximum atomic E-state index is 12.0. The van der Waals surface area contributed by atoms with Crippen molar-refractivity contribution < 1.29 is 4.79 Å². The third kappa shape index (κ3) is 5.14. The van der Waals surface area contributed by atoms with E-state index in [2.05, 4.69) is 36.6 Å². The molecule has 112 valence electrons. The molecular weight excluding hydrogens is 272 g/mol. The Morgan fingerprint density at radius 1 is 1.35 bits per heavy atom. The van der Waals surface area contributed by atoms with Crippen LogP contribution in [0.5, 0.6) is 0 Å². The highest BCUT2D eigenvalue weighted by Crippen LogP contribution is 2.26. The Hall–Kier alpha value is -1.06. The first-order valence-electron chi connectivity index (χ1n) is 7.10. The standard InChI is InChI=1S/C16H24N2O.ClH/c1-13-4-3-5-14(10-13)11-15(19)18-12-16(2)6-8-17-9-7-16;/h3-5,10,17H,6-9,11-12H2,1-2H3,(H,18,19);1H. The molecule has 0 spiro atoms. The minimum absolute atomic E-state index is 0. The first kappa shape index (κ1) is 17.0. The van der Waals surface area contributed by atoms with Gasteiger partial charge in [0.2, 0.25) is 5.91 Å². The number of halogens is 1. The highest BCUT2D eigenvalue weighted by atomic mass is 35.5. The summed E-state index contributed by atoms with van der Waals surface area (Å²) in [4.78, 5) is 12.0. The van der Waals surface area contributed by atoms with E-state index >= 15 is 0 Å². The molecule has 0 aliphatic carbocycles. The van der Waals surface area contributed by atoms with Gasteiger partial charge in [-0.25, -0.2) is 0 Å². The quantitative estimate of drug-likeness (QED) is 0.896. The number of piperidine rings is 1. The van der Waals surface area contributed by atoms with E-state index < -0.39 is 0 Å². The molecule has 1 aliphatic heterocycles. The lowest BCUT2D eigenvalue weighted by molar-refractivity contribution is -0.121. The van der Waals surface area contributed by atoms with Crippen molar-refractivity contribution in [2.75, 3.05) is 19.6 Å². The molecule has 0 aromatic heterocycles. The monoisotopic (exact) mass is 296 g/mol. The molecule has 0 saturated carbocycles. The average molecular weight is 297 g/mol. The molecule has 1 aliphatic rings. The van der Waals surface area contributed by atoms with Crippen LogP contribution in [0.15, 0.2) is 24.3 Å². The van der Waals surface area contributed by atoms with Gasteiger partial charge in [-0.15, -0.1) is 12.4 Å². The van der Waals surface area contributed by atoms with Gasteiger partial charge < -0.3 is 10.6 Å². The number of carbonyl (C=O) groups is 1. The molecule has 1 heterocycles. The molecular formula is C16H25ClN2O. The Kier molecular flexibility index (Phi) is 6.50. The number of amides is 1. The van der Waals surface area contributed by atoms with Crippen molar-refractivity contribution in [2.45, 2.75) is 33.1 Å². The second-order valence-electron chi connectivity index (χ2n) is 6.00. The number of benzene rings is 1. The van der Waals surface area contributed by atoms with Gasteiger partial charge in [0, 0.05) is 6.54 Å². The predicted molar refractivity (Wildman–Crippen MR) is 85.4 cm³/mol. The van der Waals surface area contributed by atoms with Crippen molar-refractivity contribution in [1.29, 1.82) is 0 Å². The fourth-order valence-electron chi connectivity index (χ4n) is 2.59. The summed E-state index contributed by atoms with van der Waals surface area (Å²) in [7, 11) is 0. The van der Waals surface area contributed by atoms with E-state index in [0.717, 1.165) is 38.0 Å². The fourth-order valence-corrected chi connectivity index (χ4v) is 2.59. The average Bonchev–Trinajstić information content (AvgIpc) is 2.38. The summed E-state index contributed by atoms with van der Waals surface area (Å²) >= 11 is 0. The van der Waals surface area contributed by atoms with Gasteiger partial charge in [-0.1, -0.05) is 36.8 Å². The largest absolute Gasteiger partial charge is 0.355 e. The molecule has 4 heteroatoms. The zero-order chi connectivity index (χ0) is 13.7. The SMILES string of the molecule is Cc1cccc(CC(=O)NCC2(C)CCNCC2)c1.Cl. The van der Waals surface area contributed by atoms with E-state index in [-0.39, 0.29) is 23.7 Å². The van der Waals surface area contributed by atoms with Crippen molar-refractivity contribution in [3.05, 3.63) is 35.4 Å². The van der Waals surface area contributed by atoms with E-state index in [0.29, 0.717) is 6.42 Å². The van der Waals surface area contributed by atoms with Crippen molar-refractivity contribution >= 4 is 18.3 Å². The van der Waals surface area contributed by atoms with Gasteiger partial charge in [-0.3, -0.25) is 4.79 Å². The molecule has 2 N–H and O–H groups in total. The number of aryl methyl sites for hydroxylation is 1. The number of hydrogen-bond donors (Lipinski definition) is 2. The van der Waals surface area contributed by atoms with Gasteiger partial charge in [0.1, 0.15) is 0 Å². The molecule has 0 radical (unpaired) electrons. The molecule has 1 saturated heterocycles. The number of carbonyl (C=O) groups excluding carboxylic acids is 1. The minimum atomic E-state index is 0. The summed E-state index contributed by atoms with van der Waals surface area (Å²) < 4.78 is 0. The lowest BCUT2D eigenvalue weighted by atomic mass is 9.81. The first-order valence-corrected chi connectivity index (χ1v) is 7.10. The molecule has 3 nitrogen and oxygen atoms in total. The molecule has 1 aromatic rings. The van der Waals surface area contributed by atoms with E-state index in [4.69, 9.17) is 0 Å². The highest BCUT2D eigenvalue weighted by molar-refractivity contribution is 5.85. The Morgan fingerprint density at radius 3 is 2.70 bits per heavy atom. The van der Waals surface area contributed by atoms with Crippen LogP contribution in [-0.4, -0.2) is 25.5 Å². The summed E-state index contributed by atoms with van der Waals surface area (Å²) in [5, 5.41) is 6.46. The topological polar surface area (TPSA) is 41.1 Å². The van der Waals surface area contributed by atoms with Crippen LogP contribution in [-0.2, 0) is 11.2 Å². The maximum absolute atomic E-state index is 12.0. The number of rotatable bonds is 4. The lowest BCUT2D eigenvalue weighted by Crippen LogP contribution is -2.43. The Balaban J connectivity index is 0.00000200. The van der Waals surface area contributed by atoms with Crippen LogP contribution in [0.3, 0.4) is 0 Å². The Bertz CT molecular complexity index is 442. The summed E-state index contributed by atoms with van der Waals surface area (Å²) in [6.07, 6.45) is 2.76. The molecule has 2 rings (SSSR count). The number of hydrogen-bond acceptors (Lipinski definition) is 2. The molecule has 1 aromatic carbocycles. The Labute approximate surface area is 127 Å². The summed E-state index contributed by atoms with van der Waals surface area (Å²) in [5.41, 5.74) is 2.55. The van der Waals surface area contributed by atoms with Gasteiger partial charge in [0.25, 0.3) is 0 Å². The molecule has 0 bridgehead atoms. The smallest absolute Gasteiger partial charge is 0.224 e. The molecule has 0 unspecified atom stereocenters. The van der Waals surface area contributed by atoms with Crippen LogP contribution in [0.2, 0.25) is 0 Å². The first-order chi connectivity index (χ1) is 9.07. The predicted octanol–water partition coefficient (Wildman–Crippen LogP) is 2.47. The lowest BCUT2D eigenvalue weighted by Gasteiger charge is -2.34.